The number of carbonyl (C=O) groups excluding carboxylic acids is 1. The van der Waals surface area contributed by atoms with Crippen LogP contribution in [0.1, 0.15) is 33.6 Å². The lowest BCUT2D eigenvalue weighted by molar-refractivity contribution is -0.131. The zero-order chi connectivity index (χ0) is 11.6. The van der Waals surface area contributed by atoms with E-state index in [2.05, 4.69) is 12.0 Å². The standard InChI is InChI=1S/C10H18N4O/c1-4-5-8-7(3)14(12)10(15)6(2)9(8)13-11/h6H,4-5,11-12H2,1-3H3/b13-9+. The van der Waals surface area contributed by atoms with Crippen molar-refractivity contribution in [2.75, 3.05) is 0 Å². The van der Waals surface area contributed by atoms with Crippen LogP contribution in [0.25, 0.3) is 0 Å². The molecule has 0 aromatic carbocycles. The predicted octanol–water partition coefficient (Wildman–Crippen LogP) is 0.727. The van der Waals surface area contributed by atoms with Crippen LogP contribution >= 0.6 is 0 Å². The molecule has 1 aliphatic rings. The summed E-state index contributed by atoms with van der Waals surface area (Å²) in [6.07, 6.45) is 1.81. The SMILES string of the molecule is CCCC1=C(C)N(N)C(=O)C(C)/C1=N\N. The highest BCUT2D eigenvalue weighted by Crippen LogP contribution is 2.25. The van der Waals surface area contributed by atoms with E-state index in [-0.39, 0.29) is 11.8 Å². The number of amides is 1. The summed E-state index contributed by atoms with van der Waals surface area (Å²) in [6, 6.07) is 0. The van der Waals surface area contributed by atoms with Crippen molar-refractivity contribution in [3.63, 3.8) is 0 Å². The lowest BCUT2D eigenvalue weighted by Crippen LogP contribution is -2.47. The van der Waals surface area contributed by atoms with Crippen LogP contribution in [0.3, 0.4) is 0 Å². The van der Waals surface area contributed by atoms with Crippen LogP contribution < -0.4 is 11.7 Å². The number of hydrogen-bond donors (Lipinski definition) is 2. The molecular weight excluding hydrogens is 192 g/mol. The number of nitrogens with two attached hydrogens (primary N) is 2. The molecule has 5 nitrogen and oxygen atoms in total. The Morgan fingerprint density at radius 3 is 2.60 bits per heavy atom. The summed E-state index contributed by atoms with van der Waals surface area (Å²) < 4.78 is 0. The highest BCUT2D eigenvalue weighted by molar-refractivity contribution is 6.15. The van der Waals surface area contributed by atoms with Gasteiger partial charge in [0, 0.05) is 5.70 Å². The van der Waals surface area contributed by atoms with Gasteiger partial charge in [-0.25, -0.2) is 5.84 Å². The minimum atomic E-state index is -0.342. The third-order valence-electron chi connectivity index (χ3n) is 2.76. The van der Waals surface area contributed by atoms with Gasteiger partial charge in [-0.3, -0.25) is 9.80 Å². The van der Waals surface area contributed by atoms with Crippen molar-refractivity contribution >= 4 is 11.6 Å². The van der Waals surface area contributed by atoms with Gasteiger partial charge in [0.25, 0.3) is 0 Å². The lowest BCUT2D eigenvalue weighted by Gasteiger charge is -2.31. The maximum atomic E-state index is 11.7. The minimum Gasteiger partial charge on any atom is -0.323 e. The van der Waals surface area contributed by atoms with Gasteiger partial charge >= 0.3 is 0 Å². The number of hydrogen-bond acceptors (Lipinski definition) is 4. The van der Waals surface area contributed by atoms with Gasteiger partial charge < -0.3 is 5.84 Å². The molecule has 1 aliphatic heterocycles. The van der Waals surface area contributed by atoms with E-state index in [1.807, 2.05) is 6.92 Å². The van der Waals surface area contributed by atoms with E-state index in [0.29, 0.717) is 5.71 Å². The van der Waals surface area contributed by atoms with Crippen molar-refractivity contribution in [2.45, 2.75) is 33.6 Å². The minimum absolute atomic E-state index is 0.156. The maximum Gasteiger partial charge on any atom is 0.249 e. The molecule has 1 unspecified atom stereocenters. The third-order valence-corrected chi connectivity index (χ3v) is 2.76. The molecule has 0 aromatic rings. The Hall–Kier alpha value is -1.36. The number of hydrazone groups is 1. The average Bonchev–Trinajstić information content (AvgIpc) is 2.24. The highest BCUT2D eigenvalue weighted by Gasteiger charge is 2.33. The number of allylic oxidation sites excluding steroid dienone is 2. The van der Waals surface area contributed by atoms with Gasteiger partial charge in [-0.1, -0.05) is 13.3 Å². The lowest BCUT2D eigenvalue weighted by atomic mass is 9.89. The Bertz CT molecular complexity index is 332. The maximum absolute atomic E-state index is 11.7. The van der Waals surface area contributed by atoms with E-state index in [4.69, 9.17) is 11.7 Å². The molecular formula is C10H18N4O. The topological polar surface area (TPSA) is 84.7 Å². The summed E-state index contributed by atoms with van der Waals surface area (Å²) in [5, 5.41) is 4.92. The summed E-state index contributed by atoms with van der Waals surface area (Å²) in [6.45, 7) is 5.66. The summed E-state index contributed by atoms with van der Waals surface area (Å²) >= 11 is 0. The molecule has 15 heavy (non-hydrogen) atoms. The first-order valence-electron chi connectivity index (χ1n) is 5.11. The Balaban J connectivity index is 3.21. The van der Waals surface area contributed by atoms with E-state index < -0.39 is 0 Å². The van der Waals surface area contributed by atoms with Gasteiger partial charge in [0.15, 0.2) is 0 Å². The Morgan fingerprint density at radius 2 is 2.13 bits per heavy atom. The van der Waals surface area contributed by atoms with Gasteiger partial charge in [-0.05, 0) is 25.8 Å². The molecule has 1 heterocycles. The van der Waals surface area contributed by atoms with Crippen molar-refractivity contribution in [3.8, 4) is 0 Å². The van der Waals surface area contributed by atoms with E-state index in [1.54, 1.807) is 6.92 Å². The van der Waals surface area contributed by atoms with Gasteiger partial charge in [-0.2, -0.15) is 5.10 Å². The molecule has 1 atom stereocenters. The number of carbonyl (C=O) groups is 1. The number of rotatable bonds is 2. The zero-order valence-corrected chi connectivity index (χ0v) is 9.45. The van der Waals surface area contributed by atoms with Crippen molar-refractivity contribution in [1.29, 1.82) is 0 Å². The summed E-state index contributed by atoms with van der Waals surface area (Å²) in [5.41, 5.74) is 2.42. The average molecular weight is 210 g/mol. The van der Waals surface area contributed by atoms with Gasteiger partial charge in [0.1, 0.15) is 0 Å². The first-order valence-corrected chi connectivity index (χ1v) is 5.11. The fourth-order valence-corrected chi connectivity index (χ4v) is 1.83. The first kappa shape index (κ1) is 11.7. The predicted molar refractivity (Wildman–Crippen MR) is 59.4 cm³/mol. The Morgan fingerprint density at radius 1 is 1.53 bits per heavy atom. The Labute approximate surface area is 89.8 Å². The van der Waals surface area contributed by atoms with Crippen LogP contribution in [-0.4, -0.2) is 16.6 Å². The second kappa shape index (κ2) is 4.44. The molecule has 0 radical (unpaired) electrons. The van der Waals surface area contributed by atoms with Crippen molar-refractivity contribution in [2.24, 2.45) is 22.7 Å². The van der Waals surface area contributed by atoms with Crippen LogP contribution in [0.4, 0.5) is 0 Å². The van der Waals surface area contributed by atoms with Crippen LogP contribution in [0, 0.1) is 5.92 Å². The van der Waals surface area contributed by atoms with Crippen molar-refractivity contribution in [1.82, 2.24) is 5.01 Å². The Kier molecular flexibility index (Phi) is 3.47. The summed E-state index contributed by atoms with van der Waals surface area (Å²) in [5.74, 6) is 10.5. The van der Waals surface area contributed by atoms with Crippen LogP contribution in [0.5, 0.6) is 0 Å². The molecule has 1 rings (SSSR count). The quantitative estimate of drug-likeness (QED) is 0.400. The third kappa shape index (κ3) is 1.87. The summed E-state index contributed by atoms with van der Waals surface area (Å²) in [4.78, 5) is 11.7. The molecule has 1 amide bonds. The molecule has 0 bridgehead atoms. The van der Waals surface area contributed by atoms with E-state index >= 15 is 0 Å². The van der Waals surface area contributed by atoms with Gasteiger partial charge in [0.2, 0.25) is 5.91 Å². The van der Waals surface area contributed by atoms with Gasteiger partial charge in [-0.15, -0.1) is 0 Å². The number of hydrazine groups is 1. The van der Waals surface area contributed by atoms with E-state index in [9.17, 15) is 4.79 Å². The van der Waals surface area contributed by atoms with Crippen molar-refractivity contribution < 1.29 is 4.79 Å². The van der Waals surface area contributed by atoms with Crippen LogP contribution in [-0.2, 0) is 4.79 Å². The molecule has 0 saturated carbocycles. The fraction of sp³-hybridized carbons (Fsp3) is 0.600. The molecule has 0 aromatic heterocycles. The largest absolute Gasteiger partial charge is 0.323 e. The normalized spacial score (nSPS) is 25.3. The molecule has 0 aliphatic carbocycles. The van der Waals surface area contributed by atoms with Crippen LogP contribution in [0.2, 0.25) is 0 Å². The first-order chi connectivity index (χ1) is 7.04. The molecule has 84 valence electrons. The smallest absolute Gasteiger partial charge is 0.249 e. The molecule has 0 saturated heterocycles. The molecule has 4 N–H and O–H groups in total. The van der Waals surface area contributed by atoms with Crippen molar-refractivity contribution in [3.05, 3.63) is 11.3 Å². The zero-order valence-electron chi connectivity index (χ0n) is 9.45. The summed E-state index contributed by atoms with van der Waals surface area (Å²) in [7, 11) is 0. The van der Waals surface area contributed by atoms with Crippen LogP contribution in [0.15, 0.2) is 16.4 Å². The molecule has 0 spiro atoms. The molecule has 0 fully saturated rings. The number of nitrogens with zero attached hydrogens (tertiary/aromatic N) is 2. The van der Waals surface area contributed by atoms with E-state index in [1.165, 1.54) is 5.01 Å². The fourth-order valence-electron chi connectivity index (χ4n) is 1.83. The second-order valence-electron chi connectivity index (χ2n) is 3.76. The second-order valence-corrected chi connectivity index (χ2v) is 3.76. The van der Waals surface area contributed by atoms with E-state index in [0.717, 1.165) is 24.1 Å². The monoisotopic (exact) mass is 210 g/mol. The van der Waals surface area contributed by atoms with Gasteiger partial charge in [0.05, 0.1) is 11.6 Å². The molecule has 5 heteroatoms. The highest BCUT2D eigenvalue weighted by atomic mass is 16.2.